The van der Waals surface area contributed by atoms with Gasteiger partial charge in [0.05, 0.1) is 33.3 Å². The Hall–Kier alpha value is -1.89. The molecule has 0 spiro atoms. The number of aliphatic hydroxyl groups is 1. The molecular formula is C13H20O7. The van der Waals surface area contributed by atoms with Crippen LogP contribution in [0.25, 0.3) is 0 Å². The van der Waals surface area contributed by atoms with Crippen LogP contribution >= 0.6 is 0 Å². The molecule has 1 N–H and O–H groups in total. The summed E-state index contributed by atoms with van der Waals surface area (Å²) in [5.74, 6) is -2.14. The summed E-state index contributed by atoms with van der Waals surface area (Å²) in [4.78, 5) is 34.8. The average Bonchev–Trinajstić information content (AvgIpc) is 2.47. The van der Waals surface area contributed by atoms with E-state index in [-0.39, 0.29) is 30.6 Å². The van der Waals surface area contributed by atoms with Crippen molar-refractivity contribution in [3.05, 3.63) is 11.1 Å². The number of rotatable bonds is 8. The number of aliphatic hydroxyl groups excluding tert-OH is 1. The Kier molecular flexibility index (Phi) is 9.02. The SMILES string of the molecule is COC(=O)CC(C(=O)OC)=C(CCCCO)C(=O)OC. The Bertz CT molecular complexity index is 384. The van der Waals surface area contributed by atoms with Gasteiger partial charge in [-0.3, -0.25) is 4.79 Å². The van der Waals surface area contributed by atoms with Gasteiger partial charge < -0.3 is 19.3 Å². The first kappa shape index (κ1) is 18.1. The van der Waals surface area contributed by atoms with Crippen molar-refractivity contribution in [1.29, 1.82) is 0 Å². The van der Waals surface area contributed by atoms with Crippen molar-refractivity contribution in [2.75, 3.05) is 27.9 Å². The summed E-state index contributed by atoms with van der Waals surface area (Å²) in [6.45, 7) is -0.0288. The molecule has 0 aliphatic heterocycles. The Morgan fingerprint density at radius 3 is 1.85 bits per heavy atom. The van der Waals surface area contributed by atoms with Crippen molar-refractivity contribution in [2.24, 2.45) is 0 Å². The standard InChI is InChI=1S/C13H20O7/c1-18-11(15)8-10(13(17)20-3)9(12(16)19-2)6-4-5-7-14/h14H,4-8H2,1-3H3. The molecule has 0 aliphatic rings. The number of carbonyl (C=O) groups excluding carboxylic acids is 3. The third kappa shape index (κ3) is 5.83. The lowest BCUT2D eigenvalue weighted by Gasteiger charge is -2.11. The van der Waals surface area contributed by atoms with Crippen molar-refractivity contribution in [3.8, 4) is 0 Å². The van der Waals surface area contributed by atoms with Crippen LogP contribution < -0.4 is 0 Å². The minimum Gasteiger partial charge on any atom is -0.469 e. The molecule has 0 unspecified atom stereocenters. The van der Waals surface area contributed by atoms with Crippen LogP contribution in [0.15, 0.2) is 11.1 Å². The number of hydrogen-bond acceptors (Lipinski definition) is 7. The van der Waals surface area contributed by atoms with E-state index in [1.165, 1.54) is 14.2 Å². The van der Waals surface area contributed by atoms with Crippen LogP contribution in [0.3, 0.4) is 0 Å². The van der Waals surface area contributed by atoms with Gasteiger partial charge in [0.25, 0.3) is 0 Å². The Balaban J connectivity index is 5.40. The minimum atomic E-state index is -0.778. The summed E-state index contributed by atoms with van der Waals surface area (Å²) in [7, 11) is 3.52. The van der Waals surface area contributed by atoms with Gasteiger partial charge in [-0.15, -0.1) is 0 Å². The predicted molar refractivity (Wildman–Crippen MR) is 68.6 cm³/mol. The van der Waals surface area contributed by atoms with Crippen LogP contribution in [0.2, 0.25) is 0 Å². The second-order valence-electron chi connectivity index (χ2n) is 3.87. The van der Waals surface area contributed by atoms with Gasteiger partial charge in [-0.05, 0) is 19.3 Å². The second-order valence-corrected chi connectivity index (χ2v) is 3.87. The van der Waals surface area contributed by atoms with E-state index in [4.69, 9.17) is 5.11 Å². The van der Waals surface area contributed by atoms with E-state index in [0.717, 1.165) is 7.11 Å². The predicted octanol–water partition coefficient (Wildman–Crippen LogP) is 0.355. The first-order valence-corrected chi connectivity index (χ1v) is 6.08. The fraction of sp³-hybridized carbons (Fsp3) is 0.615. The summed E-state index contributed by atoms with van der Waals surface area (Å²) >= 11 is 0. The molecule has 7 nitrogen and oxygen atoms in total. The zero-order valence-corrected chi connectivity index (χ0v) is 11.9. The monoisotopic (exact) mass is 288 g/mol. The van der Waals surface area contributed by atoms with E-state index in [1.807, 2.05) is 0 Å². The maximum Gasteiger partial charge on any atom is 0.334 e. The molecule has 0 bridgehead atoms. The fourth-order valence-electron chi connectivity index (χ4n) is 1.55. The van der Waals surface area contributed by atoms with Crippen LogP contribution in [0, 0.1) is 0 Å². The lowest BCUT2D eigenvalue weighted by Crippen LogP contribution is -2.18. The molecule has 0 fully saturated rings. The van der Waals surface area contributed by atoms with Gasteiger partial charge in [0.15, 0.2) is 0 Å². The van der Waals surface area contributed by atoms with E-state index >= 15 is 0 Å². The lowest BCUT2D eigenvalue weighted by molar-refractivity contribution is -0.143. The number of carbonyl (C=O) groups is 3. The van der Waals surface area contributed by atoms with E-state index in [2.05, 4.69) is 14.2 Å². The van der Waals surface area contributed by atoms with Crippen molar-refractivity contribution in [2.45, 2.75) is 25.7 Å². The van der Waals surface area contributed by atoms with Crippen molar-refractivity contribution < 1.29 is 33.7 Å². The molecule has 0 rings (SSSR count). The topological polar surface area (TPSA) is 99.1 Å². The number of esters is 3. The molecule has 20 heavy (non-hydrogen) atoms. The third-order valence-corrected chi connectivity index (χ3v) is 2.61. The Labute approximate surface area is 117 Å². The van der Waals surface area contributed by atoms with Gasteiger partial charge in [-0.2, -0.15) is 0 Å². The van der Waals surface area contributed by atoms with Crippen LogP contribution in [0.4, 0.5) is 0 Å². The van der Waals surface area contributed by atoms with E-state index < -0.39 is 17.9 Å². The van der Waals surface area contributed by atoms with Crippen molar-refractivity contribution in [3.63, 3.8) is 0 Å². The molecular weight excluding hydrogens is 268 g/mol. The van der Waals surface area contributed by atoms with Gasteiger partial charge in [0.1, 0.15) is 0 Å². The molecule has 0 saturated heterocycles. The van der Waals surface area contributed by atoms with Gasteiger partial charge in [0.2, 0.25) is 0 Å². The normalized spacial score (nSPS) is 11.4. The smallest absolute Gasteiger partial charge is 0.334 e. The Morgan fingerprint density at radius 1 is 0.850 bits per heavy atom. The van der Waals surface area contributed by atoms with Crippen molar-refractivity contribution >= 4 is 17.9 Å². The van der Waals surface area contributed by atoms with Gasteiger partial charge >= 0.3 is 17.9 Å². The zero-order chi connectivity index (χ0) is 15.5. The summed E-state index contributed by atoms with van der Waals surface area (Å²) in [6, 6.07) is 0. The zero-order valence-electron chi connectivity index (χ0n) is 11.9. The van der Waals surface area contributed by atoms with E-state index in [9.17, 15) is 14.4 Å². The first-order valence-electron chi connectivity index (χ1n) is 6.08. The molecule has 0 aromatic carbocycles. The third-order valence-electron chi connectivity index (χ3n) is 2.61. The van der Waals surface area contributed by atoms with Gasteiger partial charge in [-0.1, -0.05) is 0 Å². The fourth-order valence-corrected chi connectivity index (χ4v) is 1.55. The van der Waals surface area contributed by atoms with Crippen LogP contribution in [-0.4, -0.2) is 51.0 Å². The van der Waals surface area contributed by atoms with E-state index in [1.54, 1.807) is 0 Å². The molecule has 0 amide bonds. The average molecular weight is 288 g/mol. The highest BCUT2D eigenvalue weighted by molar-refractivity contribution is 6.03. The molecule has 0 aliphatic carbocycles. The van der Waals surface area contributed by atoms with Crippen molar-refractivity contribution in [1.82, 2.24) is 0 Å². The second kappa shape index (κ2) is 9.96. The highest BCUT2D eigenvalue weighted by Gasteiger charge is 2.24. The molecule has 0 aromatic rings. The minimum absolute atomic E-state index is 0.0288. The highest BCUT2D eigenvalue weighted by atomic mass is 16.5. The maximum atomic E-state index is 11.7. The molecule has 7 heteroatoms. The number of methoxy groups -OCH3 is 3. The largest absolute Gasteiger partial charge is 0.469 e. The Morgan fingerprint density at radius 2 is 1.40 bits per heavy atom. The molecule has 114 valence electrons. The molecule has 0 radical (unpaired) electrons. The number of ether oxygens (including phenoxy) is 3. The first-order chi connectivity index (χ1) is 9.51. The summed E-state index contributed by atoms with van der Waals surface area (Å²) in [5, 5.41) is 8.75. The summed E-state index contributed by atoms with van der Waals surface area (Å²) in [6.07, 6.45) is 0.775. The number of hydrogen-bond donors (Lipinski definition) is 1. The quantitative estimate of drug-likeness (QED) is 0.298. The molecule has 0 atom stereocenters. The van der Waals surface area contributed by atoms with Crippen LogP contribution in [-0.2, 0) is 28.6 Å². The molecule has 0 aromatic heterocycles. The summed E-state index contributed by atoms with van der Waals surface area (Å²) in [5.41, 5.74) is -0.0117. The molecule has 0 saturated carbocycles. The molecule has 0 heterocycles. The van der Waals surface area contributed by atoms with Gasteiger partial charge in [0, 0.05) is 12.2 Å². The summed E-state index contributed by atoms with van der Waals surface area (Å²) < 4.78 is 13.7. The maximum absolute atomic E-state index is 11.7. The van der Waals surface area contributed by atoms with E-state index in [0.29, 0.717) is 12.8 Å². The highest BCUT2D eigenvalue weighted by Crippen LogP contribution is 2.19. The van der Waals surface area contributed by atoms with Crippen LogP contribution in [0.5, 0.6) is 0 Å². The lowest BCUT2D eigenvalue weighted by atomic mass is 9.99. The van der Waals surface area contributed by atoms with Gasteiger partial charge in [-0.25, -0.2) is 9.59 Å². The van der Waals surface area contributed by atoms with Crippen LogP contribution in [0.1, 0.15) is 25.7 Å². The number of unbranched alkanes of at least 4 members (excludes halogenated alkanes) is 1.